The molecule has 0 saturated heterocycles. The maximum absolute atomic E-state index is 4.46. The summed E-state index contributed by atoms with van der Waals surface area (Å²) in [4.78, 5) is 0. The topological polar surface area (TPSA) is 17.3 Å². The molecule has 59 valence electrons. The van der Waals surface area contributed by atoms with Crippen LogP contribution in [0.3, 0.4) is 0 Å². The molecule has 0 heterocycles. The number of hydrogen-bond acceptors (Lipinski definition) is 1. The summed E-state index contributed by atoms with van der Waals surface area (Å²) in [6, 6.07) is 0.802. The van der Waals surface area contributed by atoms with Crippen LogP contribution in [0.25, 0.3) is 0 Å². The van der Waals surface area contributed by atoms with Crippen LogP contribution in [0.4, 0.5) is 0 Å². The van der Waals surface area contributed by atoms with E-state index in [1.54, 1.807) is 0 Å². The first-order valence-corrected chi connectivity index (χ1v) is 4.32. The molecule has 0 N–H and O–H groups in total. The van der Waals surface area contributed by atoms with Gasteiger partial charge < -0.3 is 0 Å². The summed E-state index contributed by atoms with van der Waals surface area (Å²) in [5.74, 6) is 0. The van der Waals surface area contributed by atoms with Gasteiger partial charge in [0.25, 0.3) is 0 Å². The van der Waals surface area contributed by atoms with Crippen LogP contribution < -0.4 is 5.43 Å². The molecule has 1 aliphatic rings. The van der Waals surface area contributed by atoms with Gasteiger partial charge in [-0.1, -0.05) is 13.8 Å². The lowest BCUT2D eigenvalue weighted by Crippen LogP contribution is -2.34. The summed E-state index contributed by atoms with van der Waals surface area (Å²) in [5, 5.41) is 2.24. The minimum absolute atomic E-state index is 0.802. The van der Waals surface area contributed by atoms with Gasteiger partial charge in [0.2, 0.25) is 0 Å². The van der Waals surface area contributed by atoms with Gasteiger partial charge in [0.05, 0.1) is 0 Å². The SMILES string of the molecule is CCC[N]N(CC)C1CC1. The maximum atomic E-state index is 4.46. The zero-order valence-corrected chi connectivity index (χ0v) is 7.01. The molecule has 2 heteroatoms. The molecular weight excluding hydrogens is 124 g/mol. The van der Waals surface area contributed by atoms with Gasteiger partial charge in [0.15, 0.2) is 0 Å². The lowest BCUT2D eigenvalue weighted by molar-refractivity contribution is 0.179. The van der Waals surface area contributed by atoms with Gasteiger partial charge in [-0.15, -0.1) is 0 Å². The van der Waals surface area contributed by atoms with Crippen molar-refractivity contribution in [2.24, 2.45) is 0 Å². The van der Waals surface area contributed by atoms with Crippen LogP contribution in [0.1, 0.15) is 33.1 Å². The Kier molecular flexibility index (Phi) is 3.16. The fraction of sp³-hybridized carbons (Fsp3) is 1.00. The Morgan fingerprint density at radius 3 is 2.50 bits per heavy atom. The Morgan fingerprint density at radius 1 is 1.40 bits per heavy atom. The van der Waals surface area contributed by atoms with Crippen molar-refractivity contribution in [3.8, 4) is 0 Å². The molecule has 1 aliphatic carbocycles. The summed E-state index contributed by atoms with van der Waals surface area (Å²) in [6.07, 6.45) is 3.89. The second kappa shape index (κ2) is 3.94. The van der Waals surface area contributed by atoms with E-state index >= 15 is 0 Å². The summed E-state index contributed by atoms with van der Waals surface area (Å²) in [6.45, 7) is 6.44. The largest absolute Gasteiger partial charge is 0.224 e. The Balaban J connectivity index is 2.07. The van der Waals surface area contributed by atoms with Crippen molar-refractivity contribution in [2.75, 3.05) is 13.1 Å². The standard InChI is InChI=1S/C8H17N2/c1-3-7-9-10(4-2)8-5-6-8/h8H,3-7H2,1-2H3. The van der Waals surface area contributed by atoms with E-state index in [1.165, 1.54) is 19.3 Å². The highest BCUT2D eigenvalue weighted by Crippen LogP contribution is 2.25. The van der Waals surface area contributed by atoms with Crippen molar-refractivity contribution < 1.29 is 0 Å². The van der Waals surface area contributed by atoms with Crippen molar-refractivity contribution >= 4 is 0 Å². The maximum Gasteiger partial charge on any atom is 0.0304 e. The molecule has 1 fully saturated rings. The first kappa shape index (κ1) is 8.02. The van der Waals surface area contributed by atoms with E-state index in [-0.39, 0.29) is 0 Å². The van der Waals surface area contributed by atoms with Gasteiger partial charge in [-0.05, 0) is 19.3 Å². The Bertz CT molecular complexity index is 89.3. The lowest BCUT2D eigenvalue weighted by Gasteiger charge is -2.17. The monoisotopic (exact) mass is 141 g/mol. The summed E-state index contributed by atoms with van der Waals surface area (Å²) >= 11 is 0. The molecular formula is C8H17N2. The summed E-state index contributed by atoms with van der Waals surface area (Å²) in [7, 11) is 0. The number of nitrogens with zero attached hydrogens (tertiary/aromatic N) is 2. The van der Waals surface area contributed by atoms with Gasteiger partial charge in [-0.3, -0.25) is 0 Å². The predicted molar refractivity (Wildman–Crippen MR) is 42.7 cm³/mol. The van der Waals surface area contributed by atoms with E-state index in [2.05, 4.69) is 24.3 Å². The summed E-state index contributed by atoms with van der Waals surface area (Å²) in [5.41, 5.74) is 4.46. The Morgan fingerprint density at radius 2 is 2.10 bits per heavy atom. The van der Waals surface area contributed by atoms with Gasteiger partial charge in [0.1, 0.15) is 0 Å². The fourth-order valence-electron chi connectivity index (χ4n) is 1.07. The van der Waals surface area contributed by atoms with E-state index in [1.807, 2.05) is 0 Å². The van der Waals surface area contributed by atoms with E-state index < -0.39 is 0 Å². The molecule has 0 aromatic rings. The Labute approximate surface area is 63.6 Å². The third kappa shape index (κ3) is 2.27. The lowest BCUT2D eigenvalue weighted by atomic mass is 10.5. The molecule has 0 bridgehead atoms. The van der Waals surface area contributed by atoms with Gasteiger partial charge >= 0.3 is 0 Å². The molecule has 1 radical (unpaired) electrons. The molecule has 0 aliphatic heterocycles. The molecule has 1 saturated carbocycles. The van der Waals surface area contributed by atoms with Crippen molar-refractivity contribution in [2.45, 2.75) is 39.2 Å². The number of hydrogen-bond donors (Lipinski definition) is 0. The van der Waals surface area contributed by atoms with E-state index in [9.17, 15) is 0 Å². The Hall–Kier alpha value is -0.0800. The highest BCUT2D eigenvalue weighted by molar-refractivity contribution is 4.81. The predicted octanol–water partition coefficient (Wildman–Crippen LogP) is 1.40. The molecule has 0 aromatic heterocycles. The average Bonchev–Trinajstić information content (AvgIpc) is 2.73. The summed E-state index contributed by atoms with van der Waals surface area (Å²) < 4.78 is 0. The van der Waals surface area contributed by atoms with Gasteiger partial charge in [0, 0.05) is 19.1 Å². The average molecular weight is 141 g/mol. The highest BCUT2D eigenvalue weighted by Gasteiger charge is 2.27. The van der Waals surface area contributed by atoms with Crippen LogP contribution in [-0.2, 0) is 0 Å². The quantitative estimate of drug-likeness (QED) is 0.529. The molecule has 0 spiro atoms. The smallest absolute Gasteiger partial charge is 0.0304 e. The molecule has 0 unspecified atom stereocenters. The van der Waals surface area contributed by atoms with E-state index in [0.29, 0.717) is 0 Å². The minimum atomic E-state index is 0.802. The molecule has 2 nitrogen and oxygen atoms in total. The van der Waals surface area contributed by atoms with Crippen molar-refractivity contribution in [3.63, 3.8) is 0 Å². The molecule has 1 rings (SSSR count). The van der Waals surface area contributed by atoms with Gasteiger partial charge in [-0.2, -0.15) is 5.43 Å². The zero-order chi connectivity index (χ0) is 7.40. The normalized spacial score (nSPS) is 18.3. The van der Waals surface area contributed by atoms with E-state index in [0.717, 1.165) is 19.1 Å². The first-order chi connectivity index (χ1) is 4.88. The van der Waals surface area contributed by atoms with Crippen LogP contribution in [-0.4, -0.2) is 24.1 Å². The van der Waals surface area contributed by atoms with Gasteiger partial charge in [-0.25, -0.2) is 5.01 Å². The molecule has 0 amide bonds. The molecule has 10 heavy (non-hydrogen) atoms. The fourth-order valence-corrected chi connectivity index (χ4v) is 1.07. The third-order valence-corrected chi connectivity index (χ3v) is 1.80. The second-order valence-corrected chi connectivity index (χ2v) is 2.85. The minimum Gasteiger partial charge on any atom is -0.224 e. The second-order valence-electron chi connectivity index (χ2n) is 2.85. The molecule has 0 atom stereocenters. The van der Waals surface area contributed by atoms with Crippen molar-refractivity contribution in [3.05, 3.63) is 0 Å². The zero-order valence-electron chi connectivity index (χ0n) is 7.01. The van der Waals surface area contributed by atoms with Crippen LogP contribution in [0.15, 0.2) is 0 Å². The highest BCUT2D eigenvalue weighted by atomic mass is 15.5. The van der Waals surface area contributed by atoms with Crippen LogP contribution in [0.5, 0.6) is 0 Å². The first-order valence-electron chi connectivity index (χ1n) is 4.32. The van der Waals surface area contributed by atoms with Crippen LogP contribution in [0, 0.1) is 0 Å². The van der Waals surface area contributed by atoms with Crippen LogP contribution in [0.2, 0.25) is 0 Å². The van der Waals surface area contributed by atoms with Crippen molar-refractivity contribution in [1.29, 1.82) is 0 Å². The molecule has 0 aromatic carbocycles. The third-order valence-electron chi connectivity index (χ3n) is 1.80. The van der Waals surface area contributed by atoms with E-state index in [4.69, 9.17) is 0 Å². The van der Waals surface area contributed by atoms with Crippen molar-refractivity contribution in [1.82, 2.24) is 10.4 Å². The van der Waals surface area contributed by atoms with Crippen LogP contribution >= 0.6 is 0 Å². The number of rotatable bonds is 5.